The fourth-order valence-corrected chi connectivity index (χ4v) is 6.64. The molecule has 41 heavy (non-hydrogen) atoms. The van der Waals surface area contributed by atoms with E-state index in [4.69, 9.17) is 14.2 Å². The number of carbonyl (C=O) groups is 2. The molecule has 2 bridgehead atoms. The Kier molecular flexibility index (Phi) is 8.24. The molecule has 3 aliphatic carbocycles. The van der Waals surface area contributed by atoms with Crippen LogP contribution in [0.25, 0.3) is 11.1 Å². The summed E-state index contributed by atoms with van der Waals surface area (Å²) in [6.45, 7) is 3.85. The Labute approximate surface area is 240 Å². The fourth-order valence-electron chi connectivity index (χ4n) is 6.64. The molecule has 1 saturated carbocycles. The van der Waals surface area contributed by atoms with Gasteiger partial charge in [-0.1, -0.05) is 18.2 Å². The maximum absolute atomic E-state index is 13.5. The Bertz CT molecular complexity index is 1440. The minimum absolute atomic E-state index is 0.149. The van der Waals surface area contributed by atoms with Gasteiger partial charge in [-0.05, 0) is 85.3 Å². The summed E-state index contributed by atoms with van der Waals surface area (Å²) in [4.78, 5) is 38.7. The Morgan fingerprint density at radius 2 is 1.80 bits per heavy atom. The second-order valence-electron chi connectivity index (χ2n) is 11.2. The minimum Gasteiger partial charge on any atom is -0.493 e. The first-order valence-electron chi connectivity index (χ1n) is 14.2. The van der Waals surface area contributed by atoms with Crippen molar-refractivity contribution in [2.24, 2.45) is 17.8 Å². The second kappa shape index (κ2) is 11.8. The van der Waals surface area contributed by atoms with Crippen LogP contribution >= 0.6 is 0 Å². The van der Waals surface area contributed by atoms with Gasteiger partial charge in [0.2, 0.25) is 23.0 Å². The number of fused-ring (bicyclic) bond motifs is 5. The molecule has 0 spiro atoms. The maximum Gasteiger partial charge on any atom is 0.242 e. The van der Waals surface area contributed by atoms with E-state index in [9.17, 15) is 14.4 Å². The first-order chi connectivity index (χ1) is 19.7. The summed E-state index contributed by atoms with van der Waals surface area (Å²) in [5.41, 5.74) is 3.16. The van der Waals surface area contributed by atoms with Crippen molar-refractivity contribution >= 4 is 17.5 Å². The van der Waals surface area contributed by atoms with E-state index in [2.05, 4.69) is 28.1 Å². The number of hydrogen-bond donors (Lipinski definition) is 3. The van der Waals surface area contributed by atoms with Crippen LogP contribution in [0.2, 0.25) is 0 Å². The molecule has 3 N–H and O–H groups in total. The summed E-state index contributed by atoms with van der Waals surface area (Å²) in [5, 5.41) is 9.21. The van der Waals surface area contributed by atoms with Gasteiger partial charge in [0.25, 0.3) is 0 Å². The van der Waals surface area contributed by atoms with E-state index in [0.717, 1.165) is 23.1 Å². The van der Waals surface area contributed by atoms with Gasteiger partial charge in [-0.15, -0.1) is 0 Å². The highest BCUT2D eigenvalue weighted by Crippen LogP contribution is 2.50. The third-order valence-electron chi connectivity index (χ3n) is 8.64. The zero-order valence-corrected chi connectivity index (χ0v) is 24.3. The Morgan fingerprint density at radius 1 is 1.02 bits per heavy atom. The van der Waals surface area contributed by atoms with Gasteiger partial charge in [0, 0.05) is 19.0 Å². The summed E-state index contributed by atoms with van der Waals surface area (Å²) < 4.78 is 17.1. The summed E-state index contributed by atoms with van der Waals surface area (Å²) in [5.74, 6) is 2.80. The van der Waals surface area contributed by atoms with E-state index in [-0.39, 0.29) is 17.2 Å². The number of benzene rings is 1. The standard InChI is InChI=1S/C32H39N3O6/c1-17(32(38)33-16-22-13-19-6-7-20(22)12-19)34-26-11-9-23-24(15-27(26)37)25(35-18(2)36)10-8-21-14-28(39-3)30(40-4)31(41-5)29(21)23/h6-7,9,11,14-15,17,19-20,22,25H,8,10,12-13,16H2,1-5H3,(H,33,38)(H,34,37)(H,35,36)/t17-,19+,20+,22+,25-/m1/s1. The van der Waals surface area contributed by atoms with Crippen molar-refractivity contribution in [1.29, 1.82) is 0 Å². The van der Waals surface area contributed by atoms with Crippen molar-refractivity contribution in [3.63, 3.8) is 0 Å². The van der Waals surface area contributed by atoms with Crippen LogP contribution in [-0.4, -0.2) is 45.7 Å². The Hall–Kier alpha value is -4.01. The fraction of sp³-hybridized carbons (Fsp3) is 0.469. The van der Waals surface area contributed by atoms with E-state index in [0.29, 0.717) is 65.6 Å². The van der Waals surface area contributed by atoms with Crippen molar-refractivity contribution in [1.82, 2.24) is 10.6 Å². The third-order valence-corrected chi connectivity index (χ3v) is 8.64. The highest BCUT2D eigenvalue weighted by atomic mass is 16.5. The number of rotatable bonds is 9. The monoisotopic (exact) mass is 561 g/mol. The molecule has 0 radical (unpaired) electrons. The average molecular weight is 562 g/mol. The summed E-state index contributed by atoms with van der Waals surface area (Å²) in [6, 6.07) is 5.99. The quantitative estimate of drug-likeness (QED) is 0.397. The molecule has 0 aromatic heterocycles. The van der Waals surface area contributed by atoms with Crippen LogP contribution in [0.5, 0.6) is 17.2 Å². The molecule has 0 saturated heterocycles. The predicted molar refractivity (Wildman–Crippen MR) is 158 cm³/mol. The van der Waals surface area contributed by atoms with Gasteiger partial charge in [-0.3, -0.25) is 14.4 Å². The SMILES string of the molecule is COc1cc2c(c(OC)c1OC)-c1ccc(N[C@H](C)C(=O)NC[C@@H]3C[C@H]4C=C[C@H]3C4)c(=O)cc1[C@H](NC(C)=O)CC2. The van der Waals surface area contributed by atoms with E-state index < -0.39 is 12.1 Å². The van der Waals surface area contributed by atoms with Crippen molar-refractivity contribution in [3.8, 4) is 28.4 Å². The summed E-state index contributed by atoms with van der Waals surface area (Å²) in [6.07, 6.45) is 8.05. The lowest BCUT2D eigenvalue weighted by molar-refractivity contribution is -0.122. The number of ether oxygens (including phenoxy) is 3. The number of allylic oxidation sites excluding steroid dienone is 2. The molecule has 1 fully saturated rings. The van der Waals surface area contributed by atoms with Crippen LogP contribution in [0.1, 0.15) is 50.3 Å². The number of nitrogens with one attached hydrogen (secondary N) is 3. The number of hydrogen-bond acceptors (Lipinski definition) is 7. The van der Waals surface area contributed by atoms with Gasteiger partial charge < -0.3 is 30.2 Å². The molecule has 2 amide bonds. The zero-order chi connectivity index (χ0) is 29.3. The van der Waals surface area contributed by atoms with Crippen molar-refractivity contribution < 1.29 is 23.8 Å². The van der Waals surface area contributed by atoms with Crippen molar-refractivity contribution in [2.75, 3.05) is 33.2 Å². The average Bonchev–Trinajstić information content (AvgIpc) is 3.51. The van der Waals surface area contributed by atoms with Crippen LogP contribution in [0.3, 0.4) is 0 Å². The van der Waals surface area contributed by atoms with Crippen LogP contribution in [0.4, 0.5) is 5.69 Å². The van der Waals surface area contributed by atoms with Crippen LogP contribution in [-0.2, 0) is 16.0 Å². The number of anilines is 1. The molecule has 9 heteroatoms. The van der Waals surface area contributed by atoms with Gasteiger partial charge in [0.1, 0.15) is 6.04 Å². The molecule has 2 aromatic carbocycles. The topological polar surface area (TPSA) is 115 Å². The minimum atomic E-state index is -0.614. The van der Waals surface area contributed by atoms with Gasteiger partial charge in [0.15, 0.2) is 11.5 Å². The lowest BCUT2D eigenvalue weighted by atomic mass is 9.93. The molecule has 0 unspecified atom stereocenters. The molecule has 5 atom stereocenters. The molecular formula is C32H39N3O6. The molecule has 218 valence electrons. The van der Waals surface area contributed by atoms with E-state index in [1.807, 2.05) is 12.1 Å². The van der Waals surface area contributed by atoms with Gasteiger partial charge in [-0.2, -0.15) is 0 Å². The van der Waals surface area contributed by atoms with Gasteiger partial charge >= 0.3 is 0 Å². The third kappa shape index (κ3) is 5.62. The molecule has 3 aliphatic rings. The molecule has 0 aliphatic heterocycles. The van der Waals surface area contributed by atoms with E-state index in [1.54, 1.807) is 40.4 Å². The van der Waals surface area contributed by atoms with Gasteiger partial charge in [0.05, 0.1) is 33.1 Å². The number of carbonyl (C=O) groups excluding carboxylic acids is 2. The summed E-state index contributed by atoms with van der Waals surface area (Å²) in [7, 11) is 4.69. The highest BCUT2D eigenvalue weighted by Gasteiger charge is 2.36. The van der Waals surface area contributed by atoms with Gasteiger partial charge in [-0.25, -0.2) is 0 Å². The summed E-state index contributed by atoms with van der Waals surface area (Å²) >= 11 is 0. The van der Waals surface area contributed by atoms with Crippen molar-refractivity contribution in [3.05, 3.63) is 57.8 Å². The lowest BCUT2D eigenvalue weighted by Gasteiger charge is -2.20. The van der Waals surface area contributed by atoms with Crippen LogP contribution < -0.4 is 35.6 Å². The number of aryl methyl sites for hydroxylation is 1. The molecule has 2 aromatic rings. The Balaban J connectivity index is 1.49. The zero-order valence-electron chi connectivity index (χ0n) is 24.3. The lowest BCUT2D eigenvalue weighted by Crippen LogP contribution is -2.41. The van der Waals surface area contributed by atoms with Crippen molar-refractivity contribution in [2.45, 2.75) is 51.6 Å². The first kappa shape index (κ1) is 28.5. The first-order valence-corrected chi connectivity index (χ1v) is 14.2. The predicted octanol–water partition coefficient (Wildman–Crippen LogP) is 3.99. The largest absolute Gasteiger partial charge is 0.493 e. The van der Waals surface area contributed by atoms with Crippen LogP contribution in [0.15, 0.2) is 41.2 Å². The molecule has 0 heterocycles. The normalized spacial score (nSPS) is 22.6. The number of amides is 2. The Morgan fingerprint density at radius 3 is 2.44 bits per heavy atom. The molecule has 5 rings (SSSR count). The molecular weight excluding hydrogens is 522 g/mol. The second-order valence-corrected chi connectivity index (χ2v) is 11.2. The molecule has 9 nitrogen and oxygen atoms in total. The van der Waals surface area contributed by atoms with E-state index >= 15 is 0 Å². The highest BCUT2D eigenvalue weighted by molar-refractivity contribution is 5.85. The smallest absolute Gasteiger partial charge is 0.242 e. The number of methoxy groups -OCH3 is 3. The van der Waals surface area contributed by atoms with Crippen LogP contribution in [0, 0.1) is 17.8 Å². The maximum atomic E-state index is 13.5. The van der Waals surface area contributed by atoms with E-state index in [1.165, 1.54) is 13.3 Å².